The number of amides is 1. The summed E-state index contributed by atoms with van der Waals surface area (Å²) in [5.41, 5.74) is -0.988. The number of nitrogens with one attached hydrogen (secondary N) is 1. The molecule has 3 unspecified atom stereocenters. The molecule has 3 N–H and O–H groups in total. The van der Waals surface area contributed by atoms with Gasteiger partial charge in [0.25, 0.3) is 0 Å². The normalized spacial score (nSPS) is 35.3. The Labute approximate surface area is 198 Å². The minimum atomic E-state index is -0.645. The zero-order chi connectivity index (χ0) is 23.9. The highest BCUT2D eigenvalue weighted by molar-refractivity contribution is 5.70. The SMILES string of the molecule is CN(CC12CCC(CNC1)N2C(=O)OC(C)(C)C)C(O)CCO[C@H]1CN2CCC[C@]2(CO)C1. The standard InChI is InChI=1S/C24H44N4O5/c1-22(2,3)33-21(31)28-18-6-9-24(28,15-25-13-18)16-26(4)20(30)7-11-32-19-12-23(17-29)8-5-10-27(23)14-19/h18-20,25,29-30H,5-17H2,1-4H3/t18?,19-,20?,23-,24?/m1/s1. The zero-order valence-electron chi connectivity index (χ0n) is 20.9. The van der Waals surface area contributed by atoms with Gasteiger partial charge in [0, 0.05) is 44.2 Å². The van der Waals surface area contributed by atoms with Gasteiger partial charge in [-0.15, -0.1) is 0 Å². The minimum absolute atomic E-state index is 0.0860. The fourth-order valence-corrected chi connectivity index (χ4v) is 6.51. The number of nitrogens with zero attached hydrogens (tertiary/aromatic N) is 3. The van der Waals surface area contributed by atoms with Crippen molar-refractivity contribution in [2.45, 2.75) is 94.3 Å². The zero-order valence-corrected chi connectivity index (χ0v) is 20.9. The fourth-order valence-electron chi connectivity index (χ4n) is 6.51. The molecule has 0 aromatic rings. The van der Waals surface area contributed by atoms with Crippen LogP contribution in [0.25, 0.3) is 0 Å². The van der Waals surface area contributed by atoms with Gasteiger partial charge in [-0.25, -0.2) is 4.79 Å². The molecule has 4 aliphatic rings. The number of fused-ring (bicyclic) bond motifs is 3. The number of carbonyl (C=O) groups is 1. The van der Waals surface area contributed by atoms with E-state index in [1.54, 1.807) is 0 Å². The van der Waals surface area contributed by atoms with Crippen molar-refractivity contribution < 1.29 is 24.5 Å². The highest BCUT2D eigenvalue weighted by Gasteiger charge is 2.53. The van der Waals surface area contributed by atoms with Crippen LogP contribution in [-0.4, -0.2) is 119 Å². The number of ether oxygens (including phenoxy) is 2. The van der Waals surface area contributed by atoms with Gasteiger partial charge in [0.1, 0.15) is 11.8 Å². The maximum atomic E-state index is 13.0. The molecule has 5 atom stereocenters. The van der Waals surface area contributed by atoms with Gasteiger partial charge < -0.3 is 25.0 Å². The van der Waals surface area contributed by atoms with Crippen LogP contribution in [0.2, 0.25) is 0 Å². The van der Waals surface area contributed by atoms with E-state index in [4.69, 9.17) is 9.47 Å². The van der Waals surface area contributed by atoms with E-state index in [0.29, 0.717) is 26.1 Å². The highest BCUT2D eigenvalue weighted by Crippen LogP contribution is 2.40. The lowest BCUT2D eigenvalue weighted by atomic mass is 9.94. The molecular weight excluding hydrogens is 424 g/mol. The van der Waals surface area contributed by atoms with E-state index in [9.17, 15) is 15.0 Å². The van der Waals surface area contributed by atoms with E-state index < -0.39 is 11.8 Å². The Morgan fingerprint density at radius 3 is 2.79 bits per heavy atom. The molecule has 4 saturated heterocycles. The van der Waals surface area contributed by atoms with Crippen molar-refractivity contribution in [1.82, 2.24) is 20.0 Å². The minimum Gasteiger partial charge on any atom is -0.444 e. The van der Waals surface area contributed by atoms with Crippen LogP contribution < -0.4 is 5.32 Å². The van der Waals surface area contributed by atoms with E-state index in [0.717, 1.165) is 51.7 Å². The summed E-state index contributed by atoms with van der Waals surface area (Å²) in [7, 11) is 1.92. The van der Waals surface area contributed by atoms with Crippen LogP contribution in [0.3, 0.4) is 0 Å². The first kappa shape index (κ1) is 25.1. The molecule has 33 heavy (non-hydrogen) atoms. The van der Waals surface area contributed by atoms with Crippen molar-refractivity contribution in [3.05, 3.63) is 0 Å². The molecule has 0 aromatic heterocycles. The van der Waals surface area contributed by atoms with Crippen LogP contribution in [0.15, 0.2) is 0 Å². The maximum Gasteiger partial charge on any atom is 0.411 e. The summed E-state index contributed by atoms with van der Waals surface area (Å²) in [5, 5.41) is 24.2. The third kappa shape index (κ3) is 5.18. The Bertz CT molecular complexity index is 699. The Morgan fingerprint density at radius 1 is 1.30 bits per heavy atom. The number of rotatable bonds is 8. The molecule has 9 nitrogen and oxygen atoms in total. The molecule has 0 aliphatic carbocycles. The summed E-state index contributed by atoms with van der Waals surface area (Å²) in [5.74, 6) is 0. The van der Waals surface area contributed by atoms with Crippen LogP contribution in [0.4, 0.5) is 4.79 Å². The van der Waals surface area contributed by atoms with Gasteiger partial charge in [0.15, 0.2) is 0 Å². The number of aliphatic hydroxyl groups excluding tert-OH is 2. The predicted molar refractivity (Wildman–Crippen MR) is 125 cm³/mol. The van der Waals surface area contributed by atoms with Crippen molar-refractivity contribution in [2.75, 3.05) is 53.0 Å². The number of aliphatic hydroxyl groups is 2. The Kier molecular flexibility index (Phi) is 7.30. The van der Waals surface area contributed by atoms with Gasteiger partial charge in [0.2, 0.25) is 0 Å². The monoisotopic (exact) mass is 468 g/mol. The van der Waals surface area contributed by atoms with Crippen molar-refractivity contribution in [3.8, 4) is 0 Å². The van der Waals surface area contributed by atoms with Gasteiger partial charge in [-0.1, -0.05) is 0 Å². The van der Waals surface area contributed by atoms with Crippen LogP contribution in [0.5, 0.6) is 0 Å². The predicted octanol–water partition coefficient (Wildman–Crippen LogP) is 0.984. The van der Waals surface area contributed by atoms with Gasteiger partial charge in [-0.05, 0) is 66.5 Å². The molecule has 0 spiro atoms. The second kappa shape index (κ2) is 9.59. The maximum absolute atomic E-state index is 13.0. The second-order valence-corrected chi connectivity index (χ2v) is 11.7. The largest absolute Gasteiger partial charge is 0.444 e. The fraction of sp³-hybridized carbons (Fsp3) is 0.958. The molecule has 0 radical (unpaired) electrons. The molecule has 1 amide bonds. The third-order valence-electron chi connectivity index (χ3n) is 8.09. The molecule has 190 valence electrons. The average molecular weight is 469 g/mol. The lowest BCUT2D eigenvalue weighted by Crippen LogP contribution is -2.66. The lowest BCUT2D eigenvalue weighted by molar-refractivity contribution is -0.0564. The summed E-state index contributed by atoms with van der Waals surface area (Å²) in [6.45, 7) is 10.4. The molecule has 0 aromatic carbocycles. The molecule has 4 rings (SSSR count). The third-order valence-corrected chi connectivity index (χ3v) is 8.09. The number of carbonyl (C=O) groups excluding carboxylic acids is 1. The smallest absolute Gasteiger partial charge is 0.411 e. The molecule has 0 saturated carbocycles. The van der Waals surface area contributed by atoms with Crippen molar-refractivity contribution in [2.24, 2.45) is 0 Å². The number of piperazine rings is 1. The van der Waals surface area contributed by atoms with E-state index >= 15 is 0 Å². The van der Waals surface area contributed by atoms with E-state index in [1.807, 2.05) is 37.6 Å². The second-order valence-electron chi connectivity index (χ2n) is 11.7. The summed E-state index contributed by atoms with van der Waals surface area (Å²) < 4.78 is 11.8. The van der Waals surface area contributed by atoms with E-state index in [1.165, 1.54) is 0 Å². The number of hydrogen-bond acceptors (Lipinski definition) is 8. The average Bonchev–Trinajstić information content (AvgIpc) is 3.34. The molecular formula is C24H44N4O5. The van der Waals surface area contributed by atoms with Gasteiger partial charge in [-0.2, -0.15) is 0 Å². The van der Waals surface area contributed by atoms with Crippen LogP contribution in [-0.2, 0) is 9.47 Å². The number of likely N-dealkylation sites (N-methyl/N-ethyl adjacent to an activating group) is 1. The highest BCUT2D eigenvalue weighted by atomic mass is 16.6. The topological polar surface area (TPSA) is 97.7 Å². The molecule has 9 heteroatoms. The van der Waals surface area contributed by atoms with Crippen molar-refractivity contribution >= 4 is 6.09 Å². The van der Waals surface area contributed by atoms with Crippen LogP contribution in [0, 0.1) is 0 Å². The summed E-state index contributed by atoms with van der Waals surface area (Å²) in [4.78, 5) is 19.3. The quantitative estimate of drug-likeness (QED) is 0.454. The molecule has 4 heterocycles. The van der Waals surface area contributed by atoms with Crippen molar-refractivity contribution in [3.63, 3.8) is 0 Å². The first-order chi connectivity index (χ1) is 15.6. The Balaban J connectivity index is 1.28. The summed E-state index contributed by atoms with van der Waals surface area (Å²) >= 11 is 0. The molecule has 2 bridgehead atoms. The van der Waals surface area contributed by atoms with Gasteiger partial charge in [0.05, 0.1) is 24.9 Å². The van der Waals surface area contributed by atoms with Crippen LogP contribution in [0.1, 0.15) is 59.3 Å². The lowest BCUT2D eigenvalue weighted by Gasteiger charge is -2.47. The van der Waals surface area contributed by atoms with Crippen molar-refractivity contribution in [1.29, 1.82) is 0 Å². The summed E-state index contributed by atoms with van der Waals surface area (Å²) in [6, 6.07) is 0.137. The van der Waals surface area contributed by atoms with E-state index in [-0.39, 0.29) is 35.9 Å². The molecule has 4 fully saturated rings. The molecule has 4 aliphatic heterocycles. The Hall–Kier alpha value is -0.970. The summed E-state index contributed by atoms with van der Waals surface area (Å²) in [6.07, 6.45) is 4.65. The Morgan fingerprint density at radius 2 is 2.09 bits per heavy atom. The first-order valence-corrected chi connectivity index (χ1v) is 12.7. The van der Waals surface area contributed by atoms with Gasteiger partial charge in [-0.3, -0.25) is 14.7 Å². The number of hydrogen-bond donors (Lipinski definition) is 3. The first-order valence-electron chi connectivity index (χ1n) is 12.7. The van der Waals surface area contributed by atoms with Crippen LogP contribution >= 0.6 is 0 Å². The van der Waals surface area contributed by atoms with E-state index in [2.05, 4.69) is 10.2 Å². The van der Waals surface area contributed by atoms with Gasteiger partial charge >= 0.3 is 6.09 Å².